The van der Waals surface area contributed by atoms with E-state index in [-0.39, 0.29) is 11.3 Å². The van der Waals surface area contributed by atoms with Gasteiger partial charge in [0.05, 0.1) is 23.0 Å². The first-order valence-electron chi connectivity index (χ1n) is 9.78. The first-order valence-corrected chi connectivity index (χ1v) is 10.7. The molecule has 0 aliphatic rings. The van der Waals surface area contributed by atoms with Gasteiger partial charge in [-0.2, -0.15) is 16.4 Å². The number of nitrogens with zero attached hydrogens (tertiary/aromatic N) is 2. The van der Waals surface area contributed by atoms with Crippen molar-refractivity contribution in [3.05, 3.63) is 88.1 Å². The van der Waals surface area contributed by atoms with E-state index >= 15 is 0 Å². The van der Waals surface area contributed by atoms with E-state index in [0.29, 0.717) is 5.56 Å². The lowest BCUT2D eigenvalue weighted by Gasteiger charge is -2.19. The van der Waals surface area contributed by atoms with Gasteiger partial charge < -0.3 is 0 Å². The summed E-state index contributed by atoms with van der Waals surface area (Å²) >= 11 is 1.59. The maximum Gasteiger partial charge on any atom is 0.272 e. The van der Waals surface area contributed by atoms with Crippen molar-refractivity contribution in [2.75, 3.05) is 0 Å². The number of amides is 1. The molecule has 0 aliphatic heterocycles. The second-order valence-electron chi connectivity index (χ2n) is 8.16. The first kappa shape index (κ1) is 20.0. The summed E-state index contributed by atoms with van der Waals surface area (Å²) in [5.74, 6) is -0.257. The predicted molar refractivity (Wildman–Crippen MR) is 125 cm³/mol. The van der Waals surface area contributed by atoms with Crippen LogP contribution in [0.5, 0.6) is 0 Å². The minimum absolute atomic E-state index is 0.0842. The average molecular weight is 414 g/mol. The van der Waals surface area contributed by atoms with Crippen molar-refractivity contribution in [1.29, 1.82) is 0 Å². The van der Waals surface area contributed by atoms with E-state index in [2.05, 4.69) is 55.6 Å². The van der Waals surface area contributed by atoms with Crippen LogP contribution in [-0.4, -0.2) is 17.1 Å². The second kappa shape index (κ2) is 8.20. The molecule has 0 saturated heterocycles. The number of carbonyl (C=O) groups excluding carboxylic acids is 1. The summed E-state index contributed by atoms with van der Waals surface area (Å²) in [6.45, 7) is 6.57. The van der Waals surface area contributed by atoms with Crippen LogP contribution < -0.4 is 5.43 Å². The number of hydrazone groups is 1. The number of nitrogens with one attached hydrogen (secondary N) is 1. The summed E-state index contributed by atoms with van der Waals surface area (Å²) < 4.78 is 0. The topological polar surface area (TPSA) is 54.4 Å². The van der Waals surface area contributed by atoms with Crippen molar-refractivity contribution in [2.45, 2.75) is 26.2 Å². The van der Waals surface area contributed by atoms with Gasteiger partial charge in [0.2, 0.25) is 0 Å². The molecule has 0 aliphatic carbocycles. The number of hydrogen-bond acceptors (Lipinski definition) is 4. The summed E-state index contributed by atoms with van der Waals surface area (Å²) in [6, 6.07) is 19.8. The molecular weight excluding hydrogens is 390 g/mol. The number of pyridine rings is 1. The number of benzene rings is 2. The SMILES string of the molecule is CC(C)(C)c1ccc(-c2cc(C(=O)N/N=C\c3ccsc3)c3ccccc3n2)cc1. The number of fused-ring (bicyclic) bond motifs is 1. The molecule has 30 heavy (non-hydrogen) atoms. The molecule has 0 saturated carbocycles. The Hall–Kier alpha value is -3.31. The minimum atomic E-state index is -0.257. The molecule has 5 heteroatoms. The molecule has 0 radical (unpaired) electrons. The van der Waals surface area contributed by atoms with Crippen LogP contribution in [0.2, 0.25) is 0 Å². The van der Waals surface area contributed by atoms with Crippen molar-refractivity contribution in [2.24, 2.45) is 5.10 Å². The molecule has 2 aromatic carbocycles. The third-order valence-electron chi connectivity index (χ3n) is 4.93. The lowest BCUT2D eigenvalue weighted by Crippen LogP contribution is -2.18. The molecule has 0 fully saturated rings. The third-order valence-corrected chi connectivity index (χ3v) is 5.63. The van der Waals surface area contributed by atoms with Crippen molar-refractivity contribution in [3.63, 3.8) is 0 Å². The maximum absolute atomic E-state index is 12.9. The molecule has 1 N–H and O–H groups in total. The molecule has 0 spiro atoms. The minimum Gasteiger partial charge on any atom is -0.267 e. The quantitative estimate of drug-likeness (QED) is 0.328. The zero-order valence-electron chi connectivity index (χ0n) is 17.2. The summed E-state index contributed by atoms with van der Waals surface area (Å²) in [6.07, 6.45) is 1.64. The van der Waals surface area contributed by atoms with Crippen LogP contribution in [0.15, 0.2) is 76.5 Å². The molecule has 0 atom stereocenters. The highest BCUT2D eigenvalue weighted by molar-refractivity contribution is 7.08. The average Bonchev–Trinajstić information content (AvgIpc) is 3.26. The monoisotopic (exact) mass is 413 g/mol. The van der Waals surface area contributed by atoms with E-state index in [9.17, 15) is 4.79 Å². The standard InChI is InChI=1S/C25H23N3OS/c1-25(2,3)19-10-8-18(9-11-19)23-14-21(20-6-4-5-7-22(20)27-23)24(29)28-26-15-17-12-13-30-16-17/h4-16H,1-3H3,(H,28,29)/b26-15-. The van der Waals surface area contributed by atoms with Gasteiger partial charge in [0.1, 0.15) is 0 Å². The van der Waals surface area contributed by atoms with Gasteiger partial charge in [0.25, 0.3) is 5.91 Å². The van der Waals surface area contributed by atoms with E-state index in [4.69, 9.17) is 4.98 Å². The fourth-order valence-electron chi connectivity index (χ4n) is 3.23. The Kier molecular flexibility index (Phi) is 5.46. The third kappa shape index (κ3) is 4.31. The molecule has 2 heterocycles. The largest absolute Gasteiger partial charge is 0.272 e. The van der Waals surface area contributed by atoms with Crippen molar-refractivity contribution in [1.82, 2.24) is 10.4 Å². The molecular formula is C25H23N3OS. The molecule has 150 valence electrons. The van der Waals surface area contributed by atoms with Crippen LogP contribution in [0, 0.1) is 0 Å². The van der Waals surface area contributed by atoms with Crippen molar-refractivity contribution in [3.8, 4) is 11.3 Å². The number of para-hydroxylation sites is 1. The summed E-state index contributed by atoms with van der Waals surface area (Å²) in [7, 11) is 0. The number of hydrogen-bond donors (Lipinski definition) is 1. The van der Waals surface area contributed by atoms with Crippen LogP contribution in [0.25, 0.3) is 22.2 Å². The Morgan fingerprint density at radius 1 is 1.07 bits per heavy atom. The van der Waals surface area contributed by atoms with Gasteiger partial charge in [0, 0.05) is 16.5 Å². The van der Waals surface area contributed by atoms with E-state index < -0.39 is 0 Å². The smallest absolute Gasteiger partial charge is 0.267 e. The second-order valence-corrected chi connectivity index (χ2v) is 8.94. The van der Waals surface area contributed by atoms with Crippen LogP contribution in [0.1, 0.15) is 42.3 Å². The molecule has 4 rings (SSSR count). The van der Waals surface area contributed by atoms with Crippen LogP contribution in [-0.2, 0) is 5.41 Å². The van der Waals surface area contributed by atoms with Gasteiger partial charge in [0.15, 0.2) is 0 Å². The maximum atomic E-state index is 12.9. The molecule has 2 aromatic heterocycles. The summed E-state index contributed by atoms with van der Waals surface area (Å²) in [4.78, 5) is 17.7. The van der Waals surface area contributed by atoms with E-state index in [1.54, 1.807) is 17.6 Å². The lowest BCUT2D eigenvalue weighted by molar-refractivity contribution is 0.0956. The van der Waals surface area contributed by atoms with Gasteiger partial charge in [-0.25, -0.2) is 10.4 Å². The number of rotatable bonds is 4. The van der Waals surface area contributed by atoms with Crippen LogP contribution in [0.3, 0.4) is 0 Å². The Morgan fingerprint density at radius 2 is 1.83 bits per heavy atom. The number of thiophene rings is 1. The predicted octanol–water partition coefficient (Wildman–Crippen LogP) is 6.02. The van der Waals surface area contributed by atoms with Gasteiger partial charge in [-0.1, -0.05) is 63.2 Å². The highest BCUT2D eigenvalue weighted by Gasteiger charge is 2.16. The van der Waals surface area contributed by atoms with Gasteiger partial charge in [-0.3, -0.25) is 4.79 Å². The normalized spacial score (nSPS) is 11.8. The number of aromatic nitrogens is 1. The Balaban J connectivity index is 1.70. The lowest BCUT2D eigenvalue weighted by atomic mass is 9.86. The van der Waals surface area contributed by atoms with Crippen LogP contribution >= 0.6 is 11.3 Å². The van der Waals surface area contributed by atoms with Gasteiger partial charge in [-0.05, 0) is 39.9 Å². The first-order chi connectivity index (χ1) is 14.4. The molecule has 1 amide bonds. The molecule has 4 aromatic rings. The molecule has 4 nitrogen and oxygen atoms in total. The van der Waals surface area contributed by atoms with Crippen molar-refractivity contribution < 1.29 is 4.79 Å². The Bertz CT molecular complexity index is 1200. The highest BCUT2D eigenvalue weighted by Crippen LogP contribution is 2.28. The van der Waals surface area contributed by atoms with Gasteiger partial charge >= 0.3 is 0 Å². The fourth-order valence-corrected chi connectivity index (χ4v) is 3.84. The zero-order chi connectivity index (χ0) is 21.1. The summed E-state index contributed by atoms with van der Waals surface area (Å²) in [5, 5.41) is 8.84. The Labute approximate surface area is 180 Å². The number of carbonyl (C=O) groups is 1. The molecule has 0 unspecified atom stereocenters. The van der Waals surface area contributed by atoms with Crippen LogP contribution in [0.4, 0.5) is 0 Å². The van der Waals surface area contributed by atoms with E-state index in [1.807, 2.05) is 47.2 Å². The molecule has 0 bridgehead atoms. The zero-order valence-corrected chi connectivity index (χ0v) is 18.0. The van der Waals surface area contributed by atoms with E-state index in [1.165, 1.54) is 5.56 Å². The Morgan fingerprint density at radius 3 is 2.53 bits per heavy atom. The van der Waals surface area contributed by atoms with Crippen molar-refractivity contribution >= 4 is 34.4 Å². The van der Waals surface area contributed by atoms with E-state index in [0.717, 1.165) is 27.7 Å². The summed E-state index contributed by atoms with van der Waals surface area (Å²) in [5.41, 5.74) is 8.02. The highest BCUT2D eigenvalue weighted by atomic mass is 32.1. The van der Waals surface area contributed by atoms with Gasteiger partial charge in [-0.15, -0.1) is 0 Å². The fraction of sp³-hybridized carbons (Fsp3) is 0.160.